The normalized spacial score (nSPS) is 11.5. The van der Waals surface area contributed by atoms with E-state index in [-0.39, 0.29) is 0 Å². The number of fused-ring (bicyclic) bond motifs is 4. The molecule has 0 spiro atoms. The summed E-state index contributed by atoms with van der Waals surface area (Å²) < 4.78 is 0. The molecule has 0 aliphatic rings. The highest BCUT2D eigenvalue weighted by Gasteiger charge is 2.18. The molecule has 9 rings (SSSR count). The maximum absolute atomic E-state index is 2.42. The summed E-state index contributed by atoms with van der Waals surface area (Å²) in [5, 5.41) is 10.2. The zero-order chi connectivity index (χ0) is 32.2. The average molecular weight is 611 g/mol. The smallest absolute Gasteiger partial charge is 0.00262 e. The Balaban J connectivity index is 1.28. The number of rotatable bonds is 4. The van der Waals surface area contributed by atoms with Crippen LogP contribution >= 0.6 is 0 Å². The fourth-order valence-corrected chi connectivity index (χ4v) is 7.78. The van der Waals surface area contributed by atoms with Gasteiger partial charge in [-0.15, -0.1) is 0 Å². The molecule has 0 heterocycles. The first-order valence-electron chi connectivity index (χ1n) is 16.8. The van der Waals surface area contributed by atoms with Crippen LogP contribution in [0.5, 0.6) is 0 Å². The molecule has 0 aliphatic carbocycles. The van der Waals surface area contributed by atoms with Gasteiger partial charge in [0, 0.05) is 0 Å². The van der Waals surface area contributed by atoms with Gasteiger partial charge in [-0.05, 0) is 131 Å². The first-order chi connectivity index (χ1) is 23.6. The molecule has 48 heavy (non-hydrogen) atoms. The number of aryl methyl sites for hydroxylation is 2. The van der Waals surface area contributed by atoms with Crippen LogP contribution in [0.3, 0.4) is 0 Å². The molecule has 226 valence electrons. The molecule has 0 aromatic heterocycles. The van der Waals surface area contributed by atoms with E-state index < -0.39 is 0 Å². The quantitative estimate of drug-likeness (QED) is 0.174. The lowest BCUT2D eigenvalue weighted by Gasteiger charge is -2.19. The van der Waals surface area contributed by atoms with Gasteiger partial charge in [-0.3, -0.25) is 0 Å². The van der Waals surface area contributed by atoms with Crippen LogP contribution in [-0.4, -0.2) is 0 Å². The summed E-state index contributed by atoms with van der Waals surface area (Å²) in [4.78, 5) is 0. The first kappa shape index (κ1) is 28.3. The zero-order valence-corrected chi connectivity index (χ0v) is 27.2. The van der Waals surface area contributed by atoms with Gasteiger partial charge >= 0.3 is 0 Å². The van der Waals surface area contributed by atoms with Gasteiger partial charge in [-0.1, -0.05) is 152 Å². The minimum Gasteiger partial charge on any atom is -0.0616 e. The molecule has 0 radical (unpaired) electrons. The SMILES string of the molecule is Cc1ccc(-c2c3ccccc3c(-c3cccc(-c4cccc5ccccc45)c3)c3ccccc23)cc1-c1cc2ccccc2cc1C. The minimum absolute atomic E-state index is 1.23. The molecule has 0 heteroatoms. The third-order valence-corrected chi connectivity index (χ3v) is 10.1. The Morgan fingerprint density at radius 2 is 0.750 bits per heavy atom. The second kappa shape index (κ2) is 11.4. The summed E-state index contributed by atoms with van der Waals surface area (Å²) in [7, 11) is 0. The lowest BCUT2D eigenvalue weighted by atomic mass is 9.84. The van der Waals surface area contributed by atoms with Crippen molar-refractivity contribution >= 4 is 43.1 Å². The van der Waals surface area contributed by atoms with E-state index in [1.165, 1.54) is 98.7 Å². The molecular formula is C48H34. The van der Waals surface area contributed by atoms with E-state index in [4.69, 9.17) is 0 Å². The maximum atomic E-state index is 2.42. The molecule has 0 nitrogen and oxygen atoms in total. The molecule has 0 saturated heterocycles. The molecule has 0 fully saturated rings. The highest BCUT2D eigenvalue weighted by Crippen LogP contribution is 2.45. The highest BCUT2D eigenvalue weighted by atomic mass is 14.2. The van der Waals surface area contributed by atoms with Crippen molar-refractivity contribution in [3.8, 4) is 44.5 Å². The number of hydrogen-bond donors (Lipinski definition) is 0. The molecule has 0 unspecified atom stereocenters. The number of benzene rings is 9. The Hall–Kier alpha value is -5.98. The second-order valence-electron chi connectivity index (χ2n) is 13.0. The van der Waals surface area contributed by atoms with E-state index in [2.05, 4.69) is 184 Å². The maximum Gasteiger partial charge on any atom is -0.00262 e. The fraction of sp³-hybridized carbons (Fsp3) is 0.0417. The Bertz CT molecular complexity index is 2630. The lowest BCUT2D eigenvalue weighted by molar-refractivity contribution is 1.42. The van der Waals surface area contributed by atoms with Crippen LogP contribution in [0.2, 0.25) is 0 Å². The van der Waals surface area contributed by atoms with Crippen LogP contribution in [-0.2, 0) is 0 Å². The molecule has 0 bridgehead atoms. The first-order valence-corrected chi connectivity index (χ1v) is 16.8. The van der Waals surface area contributed by atoms with Gasteiger partial charge in [0.2, 0.25) is 0 Å². The van der Waals surface area contributed by atoms with Crippen molar-refractivity contribution < 1.29 is 0 Å². The standard InChI is InChI=1S/C48H34/c1-31-25-26-38(30-45(31)46-29-35-15-4-3-14-34(35)27-32(46)2)48-43-22-9-7-20-41(43)47(42-21-8-10-23-44(42)48)37-18-11-17-36(28-37)40-24-12-16-33-13-5-6-19-39(33)40/h3-30H,1-2H3. The molecule has 0 aliphatic heterocycles. The molecule has 0 amide bonds. The van der Waals surface area contributed by atoms with Crippen molar-refractivity contribution in [3.63, 3.8) is 0 Å². The second-order valence-corrected chi connectivity index (χ2v) is 13.0. The van der Waals surface area contributed by atoms with E-state index in [1.807, 2.05) is 0 Å². The molecule has 0 saturated carbocycles. The summed E-state index contributed by atoms with van der Waals surface area (Å²) in [6.07, 6.45) is 0. The molecule has 0 N–H and O–H groups in total. The van der Waals surface area contributed by atoms with Gasteiger partial charge in [0.25, 0.3) is 0 Å². The van der Waals surface area contributed by atoms with Crippen molar-refractivity contribution in [3.05, 3.63) is 181 Å². The van der Waals surface area contributed by atoms with Crippen LogP contribution in [0, 0.1) is 13.8 Å². The Kier molecular flexibility index (Phi) is 6.69. The van der Waals surface area contributed by atoms with Crippen molar-refractivity contribution in [2.45, 2.75) is 13.8 Å². The Labute approximate surface area is 281 Å². The van der Waals surface area contributed by atoms with Gasteiger partial charge < -0.3 is 0 Å². The average Bonchev–Trinajstić information content (AvgIpc) is 3.14. The van der Waals surface area contributed by atoms with E-state index in [0.29, 0.717) is 0 Å². The van der Waals surface area contributed by atoms with Crippen molar-refractivity contribution in [2.24, 2.45) is 0 Å². The van der Waals surface area contributed by atoms with Crippen molar-refractivity contribution in [1.29, 1.82) is 0 Å². The predicted octanol–water partition coefficient (Wildman–Crippen LogP) is 13.6. The monoisotopic (exact) mass is 610 g/mol. The van der Waals surface area contributed by atoms with Crippen LogP contribution in [0.1, 0.15) is 11.1 Å². The minimum atomic E-state index is 1.23. The van der Waals surface area contributed by atoms with Crippen LogP contribution in [0.25, 0.3) is 87.6 Å². The van der Waals surface area contributed by atoms with Gasteiger partial charge in [0.15, 0.2) is 0 Å². The number of hydrogen-bond acceptors (Lipinski definition) is 0. The van der Waals surface area contributed by atoms with E-state index in [1.54, 1.807) is 0 Å². The van der Waals surface area contributed by atoms with Gasteiger partial charge in [-0.25, -0.2) is 0 Å². The summed E-state index contributed by atoms with van der Waals surface area (Å²) in [6, 6.07) is 62.7. The molecule has 9 aromatic rings. The lowest BCUT2D eigenvalue weighted by Crippen LogP contribution is -1.93. The summed E-state index contributed by atoms with van der Waals surface area (Å²) in [6.45, 7) is 4.47. The van der Waals surface area contributed by atoms with Crippen LogP contribution < -0.4 is 0 Å². The summed E-state index contributed by atoms with van der Waals surface area (Å²) in [5.74, 6) is 0. The largest absolute Gasteiger partial charge is 0.0616 e. The Morgan fingerprint density at radius 1 is 0.271 bits per heavy atom. The van der Waals surface area contributed by atoms with Crippen molar-refractivity contribution in [1.82, 2.24) is 0 Å². The van der Waals surface area contributed by atoms with E-state index in [9.17, 15) is 0 Å². The molecular weight excluding hydrogens is 577 g/mol. The van der Waals surface area contributed by atoms with Crippen molar-refractivity contribution in [2.75, 3.05) is 0 Å². The third kappa shape index (κ3) is 4.61. The van der Waals surface area contributed by atoms with Gasteiger partial charge in [-0.2, -0.15) is 0 Å². The summed E-state index contributed by atoms with van der Waals surface area (Å²) >= 11 is 0. The van der Waals surface area contributed by atoms with E-state index in [0.717, 1.165) is 0 Å². The predicted molar refractivity (Wildman–Crippen MR) is 208 cm³/mol. The van der Waals surface area contributed by atoms with Crippen LogP contribution in [0.15, 0.2) is 170 Å². The topological polar surface area (TPSA) is 0 Å². The third-order valence-electron chi connectivity index (χ3n) is 10.1. The van der Waals surface area contributed by atoms with Crippen LogP contribution in [0.4, 0.5) is 0 Å². The molecule has 0 atom stereocenters. The zero-order valence-electron chi connectivity index (χ0n) is 27.2. The highest BCUT2D eigenvalue weighted by molar-refractivity contribution is 6.21. The summed E-state index contributed by atoms with van der Waals surface area (Å²) in [5.41, 5.74) is 12.7. The fourth-order valence-electron chi connectivity index (χ4n) is 7.78. The van der Waals surface area contributed by atoms with Gasteiger partial charge in [0.05, 0.1) is 0 Å². The van der Waals surface area contributed by atoms with Gasteiger partial charge in [0.1, 0.15) is 0 Å². The molecule has 9 aromatic carbocycles. The van der Waals surface area contributed by atoms with E-state index >= 15 is 0 Å². The Morgan fingerprint density at radius 3 is 1.42 bits per heavy atom.